The highest BCUT2D eigenvalue weighted by Gasteiger charge is 2.13. The number of hydrogen-bond donors (Lipinski definition) is 2. The zero-order chi connectivity index (χ0) is 19.2. The molecule has 3 rings (SSSR count). The highest BCUT2D eigenvalue weighted by Crippen LogP contribution is 2.30. The zero-order valence-electron chi connectivity index (χ0n) is 15.7. The maximum atomic E-state index is 5.55. The number of fused-ring (bicyclic) bond motifs is 1. The summed E-state index contributed by atoms with van der Waals surface area (Å²) in [5.41, 5.74) is 2.85. The topological polar surface area (TPSA) is 55.4 Å². The maximum absolute atomic E-state index is 5.55. The lowest BCUT2D eigenvalue weighted by Gasteiger charge is -2.21. The van der Waals surface area contributed by atoms with Crippen molar-refractivity contribution in [2.75, 3.05) is 19.5 Å². The van der Waals surface area contributed by atoms with Crippen molar-refractivity contribution in [3.8, 4) is 11.5 Å². The van der Waals surface area contributed by atoms with Crippen LogP contribution in [0.15, 0.2) is 54.7 Å². The highest BCUT2D eigenvalue weighted by atomic mass is 32.1. The van der Waals surface area contributed by atoms with Gasteiger partial charge >= 0.3 is 0 Å². The number of nitrogens with zero attached hydrogens (tertiary/aromatic N) is 1. The number of anilines is 1. The number of benzene rings is 2. The number of ether oxygens (including phenoxy) is 2. The van der Waals surface area contributed by atoms with Crippen LogP contribution < -0.4 is 20.1 Å². The lowest BCUT2D eigenvalue weighted by atomic mass is 10.0. The van der Waals surface area contributed by atoms with Gasteiger partial charge in [0.25, 0.3) is 0 Å². The molecule has 140 valence electrons. The van der Waals surface area contributed by atoms with Gasteiger partial charge in [0.2, 0.25) is 0 Å². The summed E-state index contributed by atoms with van der Waals surface area (Å²) < 4.78 is 10.6. The molecule has 2 N–H and O–H groups in total. The number of aromatic nitrogens is 1. The minimum atomic E-state index is 0.110. The molecule has 2 aromatic carbocycles. The van der Waals surface area contributed by atoms with Crippen LogP contribution in [-0.4, -0.2) is 24.3 Å². The Hall–Kier alpha value is -2.86. The van der Waals surface area contributed by atoms with Crippen molar-refractivity contribution >= 4 is 33.9 Å². The molecular formula is C21H23N3O2S. The molecule has 1 atom stereocenters. The van der Waals surface area contributed by atoms with Gasteiger partial charge < -0.3 is 20.1 Å². The third-order valence-corrected chi connectivity index (χ3v) is 4.65. The predicted octanol–water partition coefficient (Wildman–Crippen LogP) is 4.69. The van der Waals surface area contributed by atoms with Crippen LogP contribution in [-0.2, 0) is 0 Å². The summed E-state index contributed by atoms with van der Waals surface area (Å²) >= 11 is 5.55. The van der Waals surface area contributed by atoms with E-state index in [-0.39, 0.29) is 6.04 Å². The smallest absolute Gasteiger partial charge is 0.171 e. The Balaban J connectivity index is 1.77. The van der Waals surface area contributed by atoms with E-state index >= 15 is 0 Å². The fraction of sp³-hybridized carbons (Fsp3) is 0.238. The Morgan fingerprint density at radius 2 is 1.85 bits per heavy atom. The molecule has 0 spiro atoms. The van der Waals surface area contributed by atoms with Gasteiger partial charge in [0.15, 0.2) is 5.11 Å². The first-order valence-electron chi connectivity index (χ1n) is 8.79. The fourth-order valence-electron chi connectivity index (χ4n) is 2.99. The van der Waals surface area contributed by atoms with Gasteiger partial charge in [-0.05, 0) is 60.6 Å². The van der Waals surface area contributed by atoms with Crippen molar-refractivity contribution in [3.05, 3.63) is 60.3 Å². The molecule has 0 saturated carbocycles. The molecule has 0 unspecified atom stereocenters. The quantitative estimate of drug-likeness (QED) is 0.604. The average molecular weight is 382 g/mol. The van der Waals surface area contributed by atoms with Gasteiger partial charge in [0.1, 0.15) is 17.0 Å². The number of thiocarbonyl (C=S) groups is 1. The van der Waals surface area contributed by atoms with E-state index in [2.05, 4.69) is 34.7 Å². The third-order valence-electron chi connectivity index (χ3n) is 4.43. The molecule has 0 fully saturated rings. The van der Waals surface area contributed by atoms with Crippen molar-refractivity contribution in [1.29, 1.82) is 0 Å². The van der Waals surface area contributed by atoms with Crippen LogP contribution in [0.5, 0.6) is 11.5 Å². The van der Waals surface area contributed by atoms with E-state index in [1.165, 1.54) is 0 Å². The van der Waals surface area contributed by atoms with Gasteiger partial charge in [0.05, 0.1) is 20.3 Å². The van der Waals surface area contributed by atoms with E-state index in [0.717, 1.165) is 40.1 Å². The first kappa shape index (κ1) is 18.9. The average Bonchev–Trinajstić information content (AvgIpc) is 2.72. The Kier molecular flexibility index (Phi) is 6.08. The summed E-state index contributed by atoms with van der Waals surface area (Å²) in [6, 6.07) is 15.9. The van der Waals surface area contributed by atoms with E-state index in [9.17, 15) is 0 Å². The number of methoxy groups -OCH3 is 2. The summed E-state index contributed by atoms with van der Waals surface area (Å²) in [4.78, 5) is 4.42. The van der Waals surface area contributed by atoms with E-state index in [1.807, 2.05) is 36.4 Å². The Morgan fingerprint density at radius 3 is 2.52 bits per heavy atom. The van der Waals surface area contributed by atoms with Crippen molar-refractivity contribution in [1.82, 2.24) is 10.3 Å². The van der Waals surface area contributed by atoms with Gasteiger partial charge in [0, 0.05) is 17.3 Å². The van der Waals surface area contributed by atoms with Crippen molar-refractivity contribution < 1.29 is 9.47 Å². The highest BCUT2D eigenvalue weighted by molar-refractivity contribution is 7.80. The maximum Gasteiger partial charge on any atom is 0.171 e. The molecule has 0 amide bonds. The van der Waals surface area contributed by atoms with Crippen LogP contribution >= 0.6 is 12.2 Å². The van der Waals surface area contributed by atoms with Crippen molar-refractivity contribution in [2.24, 2.45) is 0 Å². The second-order valence-electron chi connectivity index (χ2n) is 6.05. The second-order valence-corrected chi connectivity index (χ2v) is 6.46. The number of pyridine rings is 1. The largest absolute Gasteiger partial charge is 0.497 e. The van der Waals surface area contributed by atoms with Gasteiger partial charge in [-0.1, -0.05) is 19.1 Å². The zero-order valence-corrected chi connectivity index (χ0v) is 16.5. The molecule has 0 aliphatic rings. The molecule has 1 aromatic heterocycles. The second kappa shape index (κ2) is 8.68. The summed E-state index contributed by atoms with van der Waals surface area (Å²) in [5, 5.41) is 8.20. The molecule has 0 radical (unpaired) electrons. The van der Waals surface area contributed by atoms with Crippen molar-refractivity contribution in [3.63, 3.8) is 0 Å². The standard InChI is InChI=1S/C21H23N3O2S/c1-4-17(14-7-9-15(25-2)10-8-14)23-21(27)24-18-11-12-19(26-3)20-16(18)6-5-13-22-20/h5-13,17H,4H2,1-3H3,(H2,23,24,27)/t17-/m0/s1. The molecule has 0 bridgehead atoms. The lowest BCUT2D eigenvalue weighted by Crippen LogP contribution is -2.32. The summed E-state index contributed by atoms with van der Waals surface area (Å²) in [5.74, 6) is 1.58. The Morgan fingerprint density at radius 1 is 1.07 bits per heavy atom. The van der Waals surface area contributed by atoms with Crippen molar-refractivity contribution in [2.45, 2.75) is 19.4 Å². The van der Waals surface area contributed by atoms with E-state index in [0.29, 0.717) is 5.11 Å². The normalized spacial score (nSPS) is 11.7. The Bertz CT molecular complexity index is 928. The van der Waals surface area contributed by atoms with E-state index < -0.39 is 0 Å². The van der Waals surface area contributed by atoms with Crippen LogP contribution in [0.4, 0.5) is 5.69 Å². The predicted molar refractivity (Wildman–Crippen MR) is 114 cm³/mol. The number of rotatable bonds is 6. The number of hydrogen-bond acceptors (Lipinski definition) is 4. The van der Waals surface area contributed by atoms with Gasteiger partial charge in [-0.15, -0.1) is 0 Å². The molecule has 3 aromatic rings. The third kappa shape index (κ3) is 4.28. The molecule has 27 heavy (non-hydrogen) atoms. The Labute approximate surface area is 164 Å². The van der Waals surface area contributed by atoms with Crippen LogP contribution in [0.25, 0.3) is 10.9 Å². The first-order valence-corrected chi connectivity index (χ1v) is 9.20. The summed E-state index contributed by atoms with van der Waals surface area (Å²) in [6.45, 7) is 2.12. The van der Waals surface area contributed by atoms with Crippen LogP contribution in [0, 0.1) is 0 Å². The molecule has 0 saturated heterocycles. The molecule has 0 aliphatic heterocycles. The monoisotopic (exact) mass is 381 g/mol. The molecular weight excluding hydrogens is 358 g/mol. The lowest BCUT2D eigenvalue weighted by molar-refractivity contribution is 0.414. The molecule has 0 aliphatic carbocycles. The van der Waals surface area contributed by atoms with E-state index in [1.54, 1.807) is 20.4 Å². The first-order chi connectivity index (χ1) is 13.2. The van der Waals surface area contributed by atoms with E-state index in [4.69, 9.17) is 21.7 Å². The summed E-state index contributed by atoms with van der Waals surface area (Å²) in [6.07, 6.45) is 2.65. The molecule has 6 heteroatoms. The minimum Gasteiger partial charge on any atom is -0.497 e. The SMILES string of the molecule is CC[C@H](NC(=S)Nc1ccc(OC)c2ncccc12)c1ccc(OC)cc1. The van der Waals surface area contributed by atoms with Crippen LogP contribution in [0.1, 0.15) is 24.9 Å². The number of nitrogens with one attached hydrogen (secondary N) is 2. The molecule has 5 nitrogen and oxygen atoms in total. The summed E-state index contributed by atoms with van der Waals surface area (Å²) in [7, 11) is 3.31. The van der Waals surface area contributed by atoms with Gasteiger partial charge in [-0.2, -0.15) is 0 Å². The fourth-order valence-corrected chi connectivity index (χ4v) is 3.25. The van der Waals surface area contributed by atoms with Gasteiger partial charge in [-0.3, -0.25) is 4.98 Å². The van der Waals surface area contributed by atoms with Gasteiger partial charge in [-0.25, -0.2) is 0 Å². The minimum absolute atomic E-state index is 0.110. The molecule has 1 heterocycles. The van der Waals surface area contributed by atoms with Crippen LogP contribution in [0.3, 0.4) is 0 Å². The van der Waals surface area contributed by atoms with Crippen LogP contribution in [0.2, 0.25) is 0 Å².